The molecule has 0 aliphatic heterocycles. The fourth-order valence-electron chi connectivity index (χ4n) is 1.64. The second-order valence-corrected chi connectivity index (χ2v) is 3.46. The summed E-state index contributed by atoms with van der Waals surface area (Å²) in [6, 6.07) is 0. The molecule has 1 rings (SSSR count). The van der Waals surface area contributed by atoms with Gasteiger partial charge in [0.25, 0.3) is 5.92 Å². The maximum Gasteiger partial charge on any atom is 0.250 e. The molecule has 1 atom stereocenters. The van der Waals surface area contributed by atoms with Crippen molar-refractivity contribution in [2.45, 2.75) is 50.6 Å². The Hall–Kier alpha value is -0.180. The molecule has 0 spiro atoms. The van der Waals surface area contributed by atoms with E-state index in [0.29, 0.717) is 19.3 Å². The maximum absolute atomic E-state index is 12.7. The summed E-state index contributed by atoms with van der Waals surface area (Å²) in [6.45, 7) is 1.75. The van der Waals surface area contributed by atoms with Crippen LogP contribution in [0.1, 0.15) is 39.0 Å². The average molecular weight is 164 g/mol. The van der Waals surface area contributed by atoms with Crippen molar-refractivity contribution in [3.05, 3.63) is 0 Å². The zero-order chi connectivity index (χ0) is 8.54. The van der Waals surface area contributed by atoms with E-state index in [1.165, 1.54) is 0 Å². The van der Waals surface area contributed by atoms with Crippen molar-refractivity contribution >= 4 is 0 Å². The van der Waals surface area contributed by atoms with Crippen molar-refractivity contribution < 1.29 is 13.9 Å². The van der Waals surface area contributed by atoms with E-state index in [1.807, 2.05) is 0 Å². The molecule has 1 aliphatic rings. The van der Waals surface area contributed by atoms with Gasteiger partial charge in [0.15, 0.2) is 0 Å². The summed E-state index contributed by atoms with van der Waals surface area (Å²) in [7, 11) is 0. The van der Waals surface area contributed by atoms with Gasteiger partial charge in [-0.15, -0.1) is 0 Å². The molecule has 0 bridgehead atoms. The number of hydrogen-bond acceptors (Lipinski definition) is 1. The Bertz CT molecular complexity index is 147. The highest BCUT2D eigenvalue weighted by Gasteiger charge is 2.43. The van der Waals surface area contributed by atoms with E-state index in [-0.39, 0.29) is 12.8 Å². The van der Waals surface area contributed by atoms with E-state index in [4.69, 9.17) is 0 Å². The van der Waals surface area contributed by atoms with Crippen LogP contribution in [0, 0.1) is 0 Å². The fourth-order valence-corrected chi connectivity index (χ4v) is 1.64. The summed E-state index contributed by atoms with van der Waals surface area (Å²) >= 11 is 0. The van der Waals surface area contributed by atoms with E-state index in [0.717, 1.165) is 0 Å². The minimum absolute atomic E-state index is 0.0602. The number of halogens is 2. The van der Waals surface area contributed by atoms with E-state index in [2.05, 4.69) is 0 Å². The Labute approximate surface area is 65.4 Å². The lowest BCUT2D eigenvalue weighted by atomic mass is 9.81. The third kappa shape index (κ3) is 2.12. The molecule has 0 aromatic rings. The Kier molecular flexibility index (Phi) is 2.19. The summed E-state index contributed by atoms with van der Waals surface area (Å²) in [6.07, 6.45) is 0.991. The van der Waals surface area contributed by atoms with Gasteiger partial charge in [0.1, 0.15) is 0 Å². The van der Waals surface area contributed by atoms with Crippen molar-refractivity contribution in [1.82, 2.24) is 0 Å². The molecule has 1 saturated carbocycles. The van der Waals surface area contributed by atoms with Crippen LogP contribution in [0.15, 0.2) is 0 Å². The average Bonchev–Trinajstić information content (AvgIpc) is 1.85. The first kappa shape index (κ1) is 8.91. The minimum atomic E-state index is -2.64. The summed E-state index contributed by atoms with van der Waals surface area (Å²) in [5.41, 5.74) is -1.10. The highest BCUT2D eigenvalue weighted by atomic mass is 19.3. The van der Waals surface area contributed by atoms with Gasteiger partial charge < -0.3 is 5.11 Å². The first-order valence-electron chi connectivity index (χ1n) is 4.08. The largest absolute Gasteiger partial charge is 0.390 e. The summed E-state index contributed by atoms with van der Waals surface area (Å²) in [5, 5.41) is 9.54. The van der Waals surface area contributed by atoms with Crippen molar-refractivity contribution in [2.75, 3.05) is 0 Å². The molecule has 0 radical (unpaired) electrons. The molecule has 11 heavy (non-hydrogen) atoms. The van der Waals surface area contributed by atoms with E-state index in [9.17, 15) is 13.9 Å². The van der Waals surface area contributed by atoms with Gasteiger partial charge >= 0.3 is 0 Å². The van der Waals surface area contributed by atoms with Crippen LogP contribution in [-0.2, 0) is 0 Å². The van der Waals surface area contributed by atoms with Crippen molar-refractivity contribution in [3.63, 3.8) is 0 Å². The smallest absolute Gasteiger partial charge is 0.250 e. The van der Waals surface area contributed by atoms with Gasteiger partial charge in [0, 0.05) is 12.8 Å². The lowest BCUT2D eigenvalue weighted by Gasteiger charge is -2.35. The van der Waals surface area contributed by atoms with Crippen LogP contribution in [0.5, 0.6) is 0 Å². The molecule has 0 aromatic heterocycles. The highest BCUT2D eigenvalue weighted by Crippen LogP contribution is 2.40. The molecule has 0 unspecified atom stereocenters. The van der Waals surface area contributed by atoms with E-state index in [1.54, 1.807) is 6.92 Å². The lowest BCUT2D eigenvalue weighted by Crippen LogP contribution is -2.40. The zero-order valence-corrected chi connectivity index (χ0v) is 6.74. The molecular weight excluding hydrogens is 150 g/mol. The Balaban J connectivity index is 2.59. The van der Waals surface area contributed by atoms with Crippen molar-refractivity contribution in [3.8, 4) is 0 Å². The minimum Gasteiger partial charge on any atom is -0.390 e. The van der Waals surface area contributed by atoms with Crippen LogP contribution in [-0.4, -0.2) is 16.6 Å². The molecule has 1 nitrogen and oxygen atoms in total. The van der Waals surface area contributed by atoms with E-state index < -0.39 is 11.5 Å². The number of rotatable bonds is 1. The standard InChI is InChI=1S/C8H14F2O/c1-2-7(11)4-3-5-8(9,10)6-7/h11H,2-6H2,1H3/t7-/m1/s1. The van der Waals surface area contributed by atoms with Crippen LogP contribution in [0.3, 0.4) is 0 Å². The summed E-state index contributed by atoms with van der Waals surface area (Å²) in [4.78, 5) is 0. The first-order valence-corrected chi connectivity index (χ1v) is 4.08. The fraction of sp³-hybridized carbons (Fsp3) is 1.00. The van der Waals surface area contributed by atoms with Gasteiger partial charge in [0.05, 0.1) is 5.60 Å². The molecule has 0 heterocycles. The molecule has 0 amide bonds. The molecule has 1 aliphatic carbocycles. The molecule has 3 heteroatoms. The Morgan fingerprint density at radius 2 is 2.00 bits per heavy atom. The molecule has 66 valence electrons. The van der Waals surface area contributed by atoms with Crippen molar-refractivity contribution in [2.24, 2.45) is 0 Å². The lowest BCUT2D eigenvalue weighted by molar-refractivity contribution is -0.125. The monoisotopic (exact) mass is 164 g/mol. The van der Waals surface area contributed by atoms with Gasteiger partial charge in [-0.2, -0.15) is 0 Å². The molecule has 0 saturated heterocycles. The van der Waals surface area contributed by atoms with Gasteiger partial charge in [-0.25, -0.2) is 8.78 Å². The second kappa shape index (κ2) is 2.70. The molecule has 1 fully saturated rings. The van der Waals surface area contributed by atoms with Gasteiger partial charge in [-0.05, 0) is 19.3 Å². The predicted octanol–water partition coefficient (Wildman–Crippen LogP) is 2.34. The maximum atomic E-state index is 12.7. The third-order valence-corrected chi connectivity index (χ3v) is 2.43. The molecule has 0 aromatic carbocycles. The number of aliphatic hydroxyl groups is 1. The highest BCUT2D eigenvalue weighted by molar-refractivity contribution is 4.89. The number of alkyl halides is 2. The Morgan fingerprint density at radius 1 is 1.36 bits per heavy atom. The van der Waals surface area contributed by atoms with Crippen LogP contribution >= 0.6 is 0 Å². The van der Waals surface area contributed by atoms with E-state index >= 15 is 0 Å². The molecule has 1 N–H and O–H groups in total. The zero-order valence-electron chi connectivity index (χ0n) is 6.74. The predicted molar refractivity (Wildman–Crippen MR) is 38.7 cm³/mol. The van der Waals surface area contributed by atoms with Crippen LogP contribution in [0.25, 0.3) is 0 Å². The third-order valence-electron chi connectivity index (χ3n) is 2.43. The van der Waals surface area contributed by atoms with Crippen LogP contribution in [0.4, 0.5) is 8.78 Å². The van der Waals surface area contributed by atoms with Gasteiger partial charge in [-0.3, -0.25) is 0 Å². The second-order valence-electron chi connectivity index (χ2n) is 3.46. The Morgan fingerprint density at radius 3 is 2.36 bits per heavy atom. The molecular formula is C8H14F2O. The summed E-state index contributed by atoms with van der Waals surface area (Å²) in [5.74, 6) is -2.64. The number of hydrogen-bond donors (Lipinski definition) is 1. The first-order chi connectivity index (χ1) is 4.97. The summed E-state index contributed by atoms with van der Waals surface area (Å²) < 4.78 is 25.5. The van der Waals surface area contributed by atoms with Gasteiger partial charge in [-0.1, -0.05) is 6.92 Å². The van der Waals surface area contributed by atoms with Crippen LogP contribution in [0.2, 0.25) is 0 Å². The topological polar surface area (TPSA) is 20.2 Å². The van der Waals surface area contributed by atoms with Gasteiger partial charge in [0.2, 0.25) is 0 Å². The van der Waals surface area contributed by atoms with Crippen LogP contribution < -0.4 is 0 Å². The quantitative estimate of drug-likeness (QED) is 0.630. The SMILES string of the molecule is CC[C@@]1(O)CCCC(F)(F)C1. The normalized spacial score (nSPS) is 37.1. The van der Waals surface area contributed by atoms with Crippen molar-refractivity contribution in [1.29, 1.82) is 0 Å².